The zero-order chi connectivity index (χ0) is 19.2. The number of esters is 1. The fraction of sp³-hybridized carbons (Fsp3) is 0.0952. The van der Waals surface area contributed by atoms with Crippen LogP contribution in [0.1, 0.15) is 26.4 Å². The monoisotopic (exact) mass is 424 g/mol. The predicted molar refractivity (Wildman–Crippen MR) is 107 cm³/mol. The Kier molecular flexibility index (Phi) is 5.98. The van der Waals surface area contributed by atoms with E-state index in [1.807, 2.05) is 42.5 Å². The van der Waals surface area contributed by atoms with Crippen molar-refractivity contribution in [3.8, 4) is 0 Å². The molecule has 0 bridgehead atoms. The molecule has 5 nitrogen and oxygen atoms in total. The number of nitrogens with zero attached hydrogens (tertiary/aromatic N) is 2. The molecule has 1 heterocycles. The summed E-state index contributed by atoms with van der Waals surface area (Å²) in [5, 5.41) is 0. The maximum absolute atomic E-state index is 13.2. The maximum atomic E-state index is 13.2. The second-order valence-corrected chi connectivity index (χ2v) is 6.67. The van der Waals surface area contributed by atoms with E-state index < -0.39 is 5.97 Å². The molecular formula is C21H17BrN2O3. The van der Waals surface area contributed by atoms with Gasteiger partial charge in [0.1, 0.15) is 0 Å². The average Bonchev–Trinajstić information content (AvgIpc) is 2.72. The van der Waals surface area contributed by atoms with Crippen molar-refractivity contribution in [3.63, 3.8) is 0 Å². The van der Waals surface area contributed by atoms with Crippen LogP contribution in [0.4, 0.5) is 5.69 Å². The number of halogens is 1. The zero-order valence-corrected chi connectivity index (χ0v) is 16.2. The van der Waals surface area contributed by atoms with Crippen molar-refractivity contribution in [1.82, 2.24) is 4.98 Å². The third kappa shape index (κ3) is 4.60. The first-order chi connectivity index (χ1) is 13.1. The number of hydrogen-bond donors (Lipinski definition) is 0. The maximum Gasteiger partial charge on any atom is 0.337 e. The molecule has 3 rings (SSSR count). The van der Waals surface area contributed by atoms with E-state index in [1.165, 1.54) is 7.11 Å². The average molecular weight is 425 g/mol. The van der Waals surface area contributed by atoms with Crippen molar-refractivity contribution in [1.29, 1.82) is 0 Å². The molecule has 0 saturated heterocycles. The van der Waals surface area contributed by atoms with Crippen LogP contribution in [-0.2, 0) is 11.3 Å². The Morgan fingerprint density at radius 3 is 2.22 bits per heavy atom. The van der Waals surface area contributed by atoms with Gasteiger partial charge >= 0.3 is 5.97 Å². The minimum Gasteiger partial charge on any atom is -0.465 e. The minimum atomic E-state index is -0.438. The van der Waals surface area contributed by atoms with Crippen molar-refractivity contribution in [3.05, 3.63) is 94.2 Å². The van der Waals surface area contributed by atoms with Gasteiger partial charge in [-0.15, -0.1) is 0 Å². The first-order valence-corrected chi connectivity index (χ1v) is 9.03. The molecule has 0 aliphatic rings. The van der Waals surface area contributed by atoms with Crippen LogP contribution in [0.5, 0.6) is 0 Å². The summed E-state index contributed by atoms with van der Waals surface area (Å²) in [4.78, 5) is 30.7. The van der Waals surface area contributed by atoms with E-state index >= 15 is 0 Å². The summed E-state index contributed by atoms with van der Waals surface area (Å²) >= 11 is 3.41. The van der Waals surface area contributed by atoms with E-state index in [4.69, 9.17) is 4.74 Å². The lowest BCUT2D eigenvalue weighted by Gasteiger charge is -2.23. The molecule has 1 aromatic heterocycles. The molecule has 136 valence electrons. The van der Waals surface area contributed by atoms with Crippen LogP contribution in [0, 0.1) is 0 Å². The number of anilines is 1. The predicted octanol–water partition coefficient (Wildman–Crippen LogP) is 4.48. The van der Waals surface area contributed by atoms with Crippen molar-refractivity contribution >= 4 is 33.5 Å². The van der Waals surface area contributed by atoms with Gasteiger partial charge in [-0.05, 0) is 60.7 Å². The van der Waals surface area contributed by atoms with Gasteiger partial charge in [-0.1, -0.05) is 22.0 Å². The smallest absolute Gasteiger partial charge is 0.337 e. The fourth-order valence-corrected chi connectivity index (χ4v) is 2.84. The molecule has 0 N–H and O–H groups in total. The van der Waals surface area contributed by atoms with Crippen LogP contribution in [0.15, 0.2) is 77.4 Å². The van der Waals surface area contributed by atoms with Crippen LogP contribution >= 0.6 is 15.9 Å². The molecule has 27 heavy (non-hydrogen) atoms. The topological polar surface area (TPSA) is 59.5 Å². The number of rotatable bonds is 5. The Hall–Kier alpha value is -2.99. The highest BCUT2D eigenvalue weighted by Crippen LogP contribution is 2.22. The molecule has 0 spiro atoms. The molecule has 0 aliphatic carbocycles. The van der Waals surface area contributed by atoms with Gasteiger partial charge in [0.05, 0.1) is 24.9 Å². The number of aromatic nitrogens is 1. The van der Waals surface area contributed by atoms with Gasteiger partial charge in [-0.3, -0.25) is 9.78 Å². The molecule has 3 aromatic rings. The number of ether oxygens (including phenoxy) is 1. The van der Waals surface area contributed by atoms with Crippen molar-refractivity contribution in [2.75, 3.05) is 12.0 Å². The first kappa shape index (κ1) is 18.8. The molecule has 2 aromatic carbocycles. The van der Waals surface area contributed by atoms with Crippen molar-refractivity contribution in [2.45, 2.75) is 6.54 Å². The number of methoxy groups -OCH3 is 1. The van der Waals surface area contributed by atoms with E-state index in [0.29, 0.717) is 17.7 Å². The van der Waals surface area contributed by atoms with E-state index in [1.54, 1.807) is 35.4 Å². The SMILES string of the molecule is COC(=O)c1ccc(C(=O)N(Cc2ccccn2)c2ccc(Br)cc2)cc1. The molecule has 6 heteroatoms. The molecule has 0 fully saturated rings. The standard InChI is InChI=1S/C21H17BrN2O3/c1-27-21(26)16-7-5-15(6-8-16)20(25)24(14-18-4-2-3-13-23-18)19-11-9-17(22)10-12-19/h2-13H,14H2,1H3. The number of amides is 1. The summed E-state index contributed by atoms with van der Waals surface area (Å²) in [6.45, 7) is 0.333. The largest absolute Gasteiger partial charge is 0.465 e. The summed E-state index contributed by atoms with van der Waals surface area (Å²) in [5.41, 5.74) is 2.40. The molecule has 1 amide bonds. The fourth-order valence-electron chi connectivity index (χ4n) is 2.58. The summed E-state index contributed by atoms with van der Waals surface area (Å²) < 4.78 is 5.63. The van der Waals surface area contributed by atoms with Gasteiger partial charge in [-0.25, -0.2) is 4.79 Å². The molecule has 0 aliphatic heterocycles. The third-order valence-electron chi connectivity index (χ3n) is 3.98. The van der Waals surface area contributed by atoms with Crippen molar-refractivity contribution < 1.29 is 14.3 Å². The highest BCUT2D eigenvalue weighted by Gasteiger charge is 2.19. The van der Waals surface area contributed by atoms with E-state index in [2.05, 4.69) is 20.9 Å². The van der Waals surface area contributed by atoms with Gasteiger partial charge in [0.15, 0.2) is 0 Å². The Morgan fingerprint density at radius 2 is 1.63 bits per heavy atom. The number of carbonyl (C=O) groups excluding carboxylic acids is 2. The highest BCUT2D eigenvalue weighted by atomic mass is 79.9. The number of pyridine rings is 1. The Labute approximate surface area is 165 Å². The molecule has 0 atom stereocenters. The zero-order valence-electron chi connectivity index (χ0n) is 14.6. The number of benzene rings is 2. The lowest BCUT2D eigenvalue weighted by atomic mass is 10.1. The second kappa shape index (κ2) is 8.60. The Morgan fingerprint density at radius 1 is 0.963 bits per heavy atom. The van der Waals surface area contributed by atoms with Crippen LogP contribution in [0.2, 0.25) is 0 Å². The normalized spacial score (nSPS) is 10.3. The van der Waals surface area contributed by atoms with Gasteiger partial charge < -0.3 is 9.64 Å². The van der Waals surface area contributed by atoms with Crippen LogP contribution in [0.25, 0.3) is 0 Å². The number of hydrogen-bond acceptors (Lipinski definition) is 4. The van der Waals surface area contributed by atoms with E-state index in [0.717, 1.165) is 15.9 Å². The molecule has 0 radical (unpaired) electrons. The van der Waals surface area contributed by atoms with Gasteiger partial charge in [0, 0.05) is 21.9 Å². The van der Waals surface area contributed by atoms with Crippen molar-refractivity contribution in [2.24, 2.45) is 0 Å². The molecule has 0 unspecified atom stereocenters. The minimum absolute atomic E-state index is 0.181. The van der Waals surface area contributed by atoms with Gasteiger partial charge in [0.25, 0.3) is 5.91 Å². The lowest BCUT2D eigenvalue weighted by Crippen LogP contribution is -2.30. The third-order valence-corrected chi connectivity index (χ3v) is 4.51. The van der Waals surface area contributed by atoms with Crippen LogP contribution in [-0.4, -0.2) is 24.0 Å². The summed E-state index contributed by atoms with van der Waals surface area (Å²) in [6, 6.07) is 19.5. The summed E-state index contributed by atoms with van der Waals surface area (Å²) in [5.74, 6) is -0.619. The first-order valence-electron chi connectivity index (χ1n) is 8.24. The molecular weight excluding hydrogens is 408 g/mol. The van der Waals surface area contributed by atoms with E-state index in [9.17, 15) is 9.59 Å². The highest BCUT2D eigenvalue weighted by molar-refractivity contribution is 9.10. The Bertz CT molecular complexity index is 926. The Balaban J connectivity index is 1.92. The van der Waals surface area contributed by atoms with Gasteiger partial charge in [-0.2, -0.15) is 0 Å². The second-order valence-electron chi connectivity index (χ2n) is 5.76. The molecule has 0 saturated carbocycles. The quantitative estimate of drug-likeness (QED) is 0.566. The summed E-state index contributed by atoms with van der Waals surface area (Å²) in [7, 11) is 1.32. The number of carbonyl (C=O) groups is 2. The summed E-state index contributed by atoms with van der Waals surface area (Å²) in [6.07, 6.45) is 1.70. The van der Waals surface area contributed by atoms with Crippen LogP contribution < -0.4 is 4.90 Å². The van der Waals surface area contributed by atoms with Gasteiger partial charge in [0.2, 0.25) is 0 Å². The van der Waals surface area contributed by atoms with Crippen LogP contribution in [0.3, 0.4) is 0 Å². The van der Waals surface area contributed by atoms with E-state index in [-0.39, 0.29) is 5.91 Å². The lowest BCUT2D eigenvalue weighted by molar-refractivity contribution is 0.0600.